The van der Waals surface area contributed by atoms with E-state index in [4.69, 9.17) is 17.0 Å². The molecule has 0 atom stereocenters. The van der Waals surface area contributed by atoms with Gasteiger partial charge in [-0.3, -0.25) is 4.79 Å². The Morgan fingerprint density at radius 3 is 2.31 bits per heavy atom. The van der Waals surface area contributed by atoms with E-state index in [-0.39, 0.29) is 10.9 Å². The standard InChI is InChI=1S/C22H20N2O3S2/c1-13-14(2)29-20(18(13)21(26)27-3)24-22(28)23-17-12-8-7-11-16(17)19(25)15-9-5-4-6-10-15/h4-12H,1-3H3,(H2,23,24,28). The Balaban J connectivity index is 1.84. The topological polar surface area (TPSA) is 67.4 Å². The molecule has 0 saturated carbocycles. The quantitative estimate of drug-likeness (QED) is 0.334. The highest BCUT2D eigenvalue weighted by Crippen LogP contribution is 2.33. The van der Waals surface area contributed by atoms with E-state index in [1.165, 1.54) is 18.4 Å². The first kappa shape index (κ1) is 20.7. The number of thiophene rings is 1. The van der Waals surface area contributed by atoms with Crippen molar-refractivity contribution in [3.63, 3.8) is 0 Å². The number of ether oxygens (including phenoxy) is 1. The van der Waals surface area contributed by atoms with Crippen LogP contribution < -0.4 is 10.6 Å². The first-order valence-corrected chi connectivity index (χ1v) is 10.1. The second-order valence-electron chi connectivity index (χ2n) is 6.30. The Morgan fingerprint density at radius 2 is 1.62 bits per heavy atom. The number of esters is 1. The molecule has 0 bridgehead atoms. The largest absolute Gasteiger partial charge is 0.465 e. The first-order valence-electron chi connectivity index (χ1n) is 8.87. The molecule has 3 aromatic rings. The van der Waals surface area contributed by atoms with E-state index in [2.05, 4.69) is 10.6 Å². The smallest absolute Gasteiger partial charge is 0.341 e. The van der Waals surface area contributed by atoms with Crippen molar-refractivity contribution in [2.75, 3.05) is 17.7 Å². The Hall–Kier alpha value is -3.03. The van der Waals surface area contributed by atoms with E-state index >= 15 is 0 Å². The summed E-state index contributed by atoms with van der Waals surface area (Å²) in [4.78, 5) is 26.0. The van der Waals surface area contributed by atoms with Gasteiger partial charge in [-0.15, -0.1) is 11.3 Å². The molecular weight excluding hydrogens is 404 g/mol. The van der Waals surface area contributed by atoms with E-state index in [0.29, 0.717) is 27.4 Å². The third-order valence-electron chi connectivity index (χ3n) is 4.46. The molecule has 0 aliphatic carbocycles. The van der Waals surface area contributed by atoms with Crippen LogP contribution in [-0.4, -0.2) is 24.0 Å². The molecule has 0 fully saturated rings. The van der Waals surface area contributed by atoms with Crippen molar-refractivity contribution in [2.24, 2.45) is 0 Å². The van der Waals surface area contributed by atoms with Gasteiger partial charge in [0.05, 0.1) is 18.4 Å². The molecule has 3 rings (SSSR count). The van der Waals surface area contributed by atoms with Crippen LogP contribution in [0.25, 0.3) is 0 Å². The molecule has 0 unspecified atom stereocenters. The summed E-state index contributed by atoms with van der Waals surface area (Å²) < 4.78 is 4.89. The monoisotopic (exact) mass is 424 g/mol. The second-order valence-corrected chi connectivity index (χ2v) is 7.93. The van der Waals surface area contributed by atoms with Crippen LogP contribution in [0, 0.1) is 13.8 Å². The number of rotatable bonds is 5. The van der Waals surface area contributed by atoms with Crippen molar-refractivity contribution in [1.82, 2.24) is 0 Å². The molecule has 148 valence electrons. The van der Waals surface area contributed by atoms with Crippen LogP contribution in [0.2, 0.25) is 0 Å². The van der Waals surface area contributed by atoms with Crippen LogP contribution in [0.5, 0.6) is 0 Å². The lowest BCUT2D eigenvalue weighted by Gasteiger charge is -2.14. The molecular formula is C22H20N2O3S2. The number of ketones is 1. The van der Waals surface area contributed by atoms with Gasteiger partial charge < -0.3 is 15.4 Å². The van der Waals surface area contributed by atoms with Crippen molar-refractivity contribution in [1.29, 1.82) is 0 Å². The molecule has 0 aliphatic heterocycles. The molecule has 0 aliphatic rings. The summed E-state index contributed by atoms with van der Waals surface area (Å²) in [5.41, 5.74) is 3.01. The van der Waals surface area contributed by atoms with Crippen molar-refractivity contribution in [3.8, 4) is 0 Å². The van der Waals surface area contributed by atoms with Crippen LogP contribution in [0.1, 0.15) is 36.7 Å². The number of para-hydroxylation sites is 1. The van der Waals surface area contributed by atoms with Crippen molar-refractivity contribution < 1.29 is 14.3 Å². The fraction of sp³-hybridized carbons (Fsp3) is 0.136. The van der Waals surface area contributed by atoms with Crippen LogP contribution >= 0.6 is 23.6 Å². The molecule has 0 spiro atoms. The van der Waals surface area contributed by atoms with Crippen LogP contribution in [0.15, 0.2) is 54.6 Å². The fourth-order valence-electron chi connectivity index (χ4n) is 2.85. The average Bonchev–Trinajstić information content (AvgIpc) is 3.01. The summed E-state index contributed by atoms with van der Waals surface area (Å²) in [5.74, 6) is -0.522. The normalized spacial score (nSPS) is 10.3. The van der Waals surface area contributed by atoms with Gasteiger partial charge in [0, 0.05) is 16.0 Å². The van der Waals surface area contributed by atoms with Gasteiger partial charge in [-0.2, -0.15) is 0 Å². The molecule has 2 aromatic carbocycles. The van der Waals surface area contributed by atoms with Gasteiger partial charge in [0.15, 0.2) is 10.9 Å². The van der Waals surface area contributed by atoms with Gasteiger partial charge in [-0.25, -0.2) is 4.79 Å². The van der Waals surface area contributed by atoms with Gasteiger partial charge in [0.25, 0.3) is 0 Å². The molecule has 7 heteroatoms. The number of methoxy groups -OCH3 is 1. The zero-order valence-electron chi connectivity index (χ0n) is 16.2. The number of carbonyl (C=O) groups is 2. The minimum Gasteiger partial charge on any atom is -0.465 e. The maximum absolute atomic E-state index is 12.9. The number of hydrogen-bond acceptors (Lipinski definition) is 5. The molecule has 5 nitrogen and oxygen atoms in total. The molecule has 0 saturated heterocycles. The maximum atomic E-state index is 12.9. The zero-order valence-corrected chi connectivity index (χ0v) is 17.9. The lowest BCUT2D eigenvalue weighted by atomic mass is 10.0. The summed E-state index contributed by atoms with van der Waals surface area (Å²) >= 11 is 6.86. The molecule has 1 aromatic heterocycles. The molecule has 0 amide bonds. The highest BCUT2D eigenvalue weighted by molar-refractivity contribution is 7.80. The summed E-state index contributed by atoms with van der Waals surface area (Å²) in [7, 11) is 1.35. The van der Waals surface area contributed by atoms with Gasteiger partial charge in [-0.1, -0.05) is 42.5 Å². The Kier molecular flexibility index (Phi) is 6.41. The van der Waals surface area contributed by atoms with E-state index in [9.17, 15) is 9.59 Å². The summed E-state index contributed by atoms with van der Waals surface area (Å²) in [5, 5.41) is 7.03. The third-order valence-corrected chi connectivity index (χ3v) is 5.78. The van der Waals surface area contributed by atoms with Crippen molar-refractivity contribution in [3.05, 3.63) is 81.7 Å². The Labute approximate surface area is 178 Å². The number of hydrogen-bond donors (Lipinski definition) is 2. The molecule has 2 N–H and O–H groups in total. The predicted molar refractivity (Wildman–Crippen MR) is 121 cm³/mol. The molecule has 0 radical (unpaired) electrons. The van der Waals surface area contributed by atoms with Gasteiger partial charge in [0.1, 0.15) is 5.00 Å². The summed E-state index contributed by atoms with van der Waals surface area (Å²) in [6, 6.07) is 16.2. The van der Waals surface area contributed by atoms with Crippen LogP contribution in [0.3, 0.4) is 0 Å². The van der Waals surface area contributed by atoms with E-state index < -0.39 is 5.97 Å². The van der Waals surface area contributed by atoms with E-state index in [1.807, 2.05) is 38.1 Å². The average molecular weight is 425 g/mol. The number of aryl methyl sites for hydroxylation is 1. The van der Waals surface area contributed by atoms with Crippen LogP contribution in [0.4, 0.5) is 10.7 Å². The number of anilines is 2. The minimum absolute atomic E-state index is 0.102. The lowest BCUT2D eigenvalue weighted by Crippen LogP contribution is -2.21. The summed E-state index contributed by atoms with van der Waals surface area (Å²) in [6.45, 7) is 3.80. The summed E-state index contributed by atoms with van der Waals surface area (Å²) in [6.07, 6.45) is 0. The Bertz CT molecular complexity index is 1070. The van der Waals surface area contributed by atoms with E-state index in [1.54, 1.807) is 30.3 Å². The van der Waals surface area contributed by atoms with Gasteiger partial charge in [0.2, 0.25) is 0 Å². The minimum atomic E-state index is -0.420. The number of benzene rings is 2. The highest BCUT2D eigenvalue weighted by atomic mass is 32.1. The first-order chi connectivity index (χ1) is 13.9. The van der Waals surface area contributed by atoms with Crippen molar-refractivity contribution in [2.45, 2.75) is 13.8 Å². The zero-order chi connectivity index (χ0) is 21.0. The van der Waals surface area contributed by atoms with Crippen LogP contribution in [-0.2, 0) is 4.74 Å². The SMILES string of the molecule is COC(=O)c1c(NC(=S)Nc2ccccc2C(=O)c2ccccc2)sc(C)c1C. The fourth-order valence-corrected chi connectivity index (χ4v) is 4.18. The lowest BCUT2D eigenvalue weighted by molar-refractivity contribution is 0.0601. The third kappa shape index (κ3) is 4.52. The molecule has 1 heterocycles. The van der Waals surface area contributed by atoms with E-state index in [0.717, 1.165) is 10.4 Å². The number of carbonyl (C=O) groups excluding carboxylic acids is 2. The highest BCUT2D eigenvalue weighted by Gasteiger charge is 2.21. The van der Waals surface area contributed by atoms with Gasteiger partial charge in [-0.05, 0) is 43.8 Å². The maximum Gasteiger partial charge on any atom is 0.341 e. The van der Waals surface area contributed by atoms with Gasteiger partial charge >= 0.3 is 5.97 Å². The predicted octanol–water partition coefficient (Wildman–Crippen LogP) is 5.19. The molecule has 29 heavy (non-hydrogen) atoms. The number of thiocarbonyl (C=S) groups is 1. The van der Waals surface area contributed by atoms with Crippen molar-refractivity contribution >= 4 is 51.1 Å². The number of nitrogens with one attached hydrogen (secondary N) is 2. The second kappa shape index (κ2) is 8.98. The Morgan fingerprint density at radius 1 is 0.966 bits per heavy atom.